The van der Waals surface area contributed by atoms with Gasteiger partial charge in [-0.25, -0.2) is 4.68 Å². The van der Waals surface area contributed by atoms with Crippen molar-refractivity contribution in [2.75, 3.05) is 39.8 Å². The molecule has 0 aliphatic carbocycles. The van der Waals surface area contributed by atoms with Crippen LogP contribution in [0, 0.1) is 6.92 Å². The van der Waals surface area contributed by atoms with Gasteiger partial charge in [-0.3, -0.25) is 19.5 Å². The molecular weight excluding hydrogens is 372 g/mol. The van der Waals surface area contributed by atoms with Crippen molar-refractivity contribution < 1.29 is 9.59 Å². The molecule has 10 nitrogen and oxygen atoms in total. The van der Waals surface area contributed by atoms with Gasteiger partial charge in [-0.2, -0.15) is 0 Å². The first-order valence-corrected chi connectivity index (χ1v) is 9.88. The average molecular weight is 400 g/mol. The number of tetrazole rings is 1. The second-order valence-electron chi connectivity index (χ2n) is 7.35. The number of nitrogens with zero attached hydrogens (tertiary/aromatic N) is 8. The second kappa shape index (κ2) is 10.1. The number of likely N-dealkylation sites (N-methyl/N-ethyl adjacent to an activating group) is 1. The molecule has 0 bridgehead atoms. The molecule has 156 valence electrons. The van der Waals surface area contributed by atoms with Gasteiger partial charge in [0, 0.05) is 51.5 Å². The molecule has 2 amide bonds. The number of aryl methyl sites for hydroxylation is 2. The number of amides is 2. The maximum absolute atomic E-state index is 12.7. The first-order valence-electron chi connectivity index (χ1n) is 9.88. The van der Waals surface area contributed by atoms with Crippen LogP contribution >= 0.6 is 0 Å². The van der Waals surface area contributed by atoms with Crippen molar-refractivity contribution in [3.8, 4) is 0 Å². The van der Waals surface area contributed by atoms with E-state index in [1.165, 1.54) is 0 Å². The minimum Gasteiger partial charge on any atom is -0.341 e. The van der Waals surface area contributed by atoms with Gasteiger partial charge in [0.15, 0.2) is 0 Å². The van der Waals surface area contributed by atoms with Crippen molar-refractivity contribution in [2.24, 2.45) is 0 Å². The quantitative estimate of drug-likeness (QED) is 0.643. The Bertz CT molecular complexity index is 810. The van der Waals surface area contributed by atoms with Crippen molar-refractivity contribution >= 4 is 11.8 Å². The standard InChI is InChI=1S/C19H28N8O2/c1-16-21-22-23-27(16)10-6-18(28)25-8-4-9-26(12-11-25)19(29)15-24(2)14-17-5-3-7-20-13-17/h3,5,7,13H,4,6,8-12,14-15H2,1-2H3. The lowest BCUT2D eigenvalue weighted by molar-refractivity contribution is -0.134. The zero-order chi connectivity index (χ0) is 20.6. The number of carbonyl (C=O) groups excluding carboxylic acids is 2. The highest BCUT2D eigenvalue weighted by molar-refractivity contribution is 5.79. The molecule has 1 aliphatic heterocycles. The number of aromatic nitrogens is 5. The summed E-state index contributed by atoms with van der Waals surface area (Å²) in [4.78, 5) is 35.0. The second-order valence-corrected chi connectivity index (χ2v) is 7.35. The van der Waals surface area contributed by atoms with Crippen LogP contribution in [-0.2, 0) is 22.7 Å². The number of hydrogen-bond donors (Lipinski definition) is 0. The van der Waals surface area contributed by atoms with Crippen molar-refractivity contribution in [1.29, 1.82) is 0 Å². The molecule has 3 rings (SSSR count). The monoisotopic (exact) mass is 400 g/mol. The predicted molar refractivity (Wildman–Crippen MR) is 106 cm³/mol. The Morgan fingerprint density at radius 3 is 2.55 bits per heavy atom. The molecule has 0 saturated carbocycles. The van der Waals surface area contributed by atoms with Gasteiger partial charge in [-0.05, 0) is 42.4 Å². The Kier molecular flexibility index (Phi) is 7.23. The van der Waals surface area contributed by atoms with Crippen molar-refractivity contribution in [3.63, 3.8) is 0 Å². The third-order valence-electron chi connectivity index (χ3n) is 5.03. The van der Waals surface area contributed by atoms with Crippen LogP contribution < -0.4 is 0 Å². The van der Waals surface area contributed by atoms with Gasteiger partial charge < -0.3 is 9.80 Å². The largest absolute Gasteiger partial charge is 0.341 e. The summed E-state index contributed by atoms with van der Waals surface area (Å²) in [7, 11) is 1.93. The van der Waals surface area contributed by atoms with Crippen LogP contribution in [0.5, 0.6) is 0 Å². The summed E-state index contributed by atoms with van der Waals surface area (Å²) in [5.74, 6) is 0.860. The Labute approximate surface area is 170 Å². The van der Waals surface area contributed by atoms with Gasteiger partial charge in [-0.15, -0.1) is 5.10 Å². The van der Waals surface area contributed by atoms with Crippen molar-refractivity contribution in [2.45, 2.75) is 32.9 Å². The molecule has 3 heterocycles. The van der Waals surface area contributed by atoms with Crippen molar-refractivity contribution in [3.05, 3.63) is 35.9 Å². The van der Waals surface area contributed by atoms with E-state index in [0.29, 0.717) is 58.1 Å². The molecule has 1 fully saturated rings. The lowest BCUT2D eigenvalue weighted by Crippen LogP contribution is -2.41. The third-order valence-corrected chi connectivity index (χ3v) is 5.03. The Hall–Kier alpha value is -2.88. The molecule has 10 heteroatoms. The average Bonchev–Trinajstić information content (AvgIpc) is 2.96. The van der Waals surface area contributed by atoms with E-state index < -0.39 is 0 Å². The zero-order valence-corrected chi connectivity index (χ0v) is 17.1. The highest BCUT2D eigenvalue weighted by Crippen LogP contribution is 2.08. The maximum Gasteiger partial charge on any atom is 0.236 e. The van der Waals surface area contributed by atoms with Crippen LogP contribution in [0.25, 0.3) is 0 Å². The summed E-state index contributed by atoms with van der Waals surface area (Å²) in [5, 5.41) is 11.3. The zero-order valence-electron chi connectivity index (χ0n) is 17.1. The molecule has 0 aromatic carbocycles. The fraction of sp³-hybridized carbons (Fsp3) is 0.579. The SMILES string of the molecule is Cc1nnnn1CCC(=O)N1CCCN(C(=O)CN(C)Cc2cccnc2)CC1. The minimum absolute atomic E-state index is 0.0721. The summed E-state index contributed by atoms with van der Waals surface area (Å²) in [6, 6.07) is 3.90. The topological polar surface area (TPSA) is 100 Å². The minimum atomic E-state index is 0.0721. The first-order chi connectivity index (χ1) is 14.0. The van der Waals surface area contributed by atoms with Crippen LogP contribution in [0.4, 0.5) is 0 Å². The molecular formula is C19H28N8O2. The third kappa shape index (κ3) is 6.05. The summed E-state index contributed by atoms with van der Waals surface area (Å²) in [6.07, 6.45) is 4.69. The number of rotatable bonds is 7. The van der Waals surface area contributed by atoms with Gasteiger partial charge in [0.05, 0.1) is 13.1 Å². The lowest BCUT2D eigenvalue weighted by atomic mass is 10.2. The summed E-state index contributed by atoms with van der Waals surface area (Å²) in [6.45, 7) is 5.77. The van der Waals surface area contributed by atoms with E-state index in [1.54, 1.807) is 10.9 Å². The molecule has 1 aliphatic rings. The molecule has 2 aromatic rings. The Morgan fingerprint density at radius 1 is 1.14 bits per heavy atom. The first kappa shape index (κ1) is 20.8. The van der Waals surface area contributed by atoms with Gasteiger partial charge >= 0.3 is 0 Å². The summed E-state index contributed by atoms with van der Waals surface area (Å²) in [5.41, 5.74) is 1.08. The van der Waals surface area contributed by atoms with E-state index in [2.05, 4.69) is 20.5 Å². The molecule has 0 unspecified atom stereocenters. The van der Waals surface area contributed by atoms with E-state index in [9.17, 15) is 9.59 Å². The maximum atomic E-state index is 12.7. The molecule has 2 aromatic heterocycles. The van der Waals surface area contributed by atoms with Gasteiger partial charge in [-0.1, -0.05) is 6.07 Å². The number of hydrogen-bond acceptors (Lipinski definition) is 7. The summed E-state index contributed by atoms with van der Waals surface area (Å²) >= 11 is 0. The van der Waals surface area contributed by atoms with Crippen LogP contribution in [0.1, 0.15) is 24.2 Å². The lowest BCUT2D eigenvalue weighted by Gasteiger charge is -2.24. The molecule has 29 heavy (non-hydrogen) atoms. The van der Waals surface area contributed by atoms with Crippen LogP contribution in [-0.4, -0.2) is 91.5 Å². The molecule has 0 atom stereocenters. The van der Waals surface area contributed by atoms with Gasteiger partial charge in [0.1, 0.15) is 5.82 Å². The highest BCUT2D eigenvalue weighted by Gasteiger charge is 2.22. The normalized spacial score (nSPS) is 14.9. The van der Waals surface area contributed by atoms with Gasteiger partial charge in [0.2, 0.25) is 11.8 Å². The van der Waals surface area contributed by atoms with E-state index in [4.69, 9.17) is 0 Å². The van der Waals surface area contributed by atoms with E-state index >= 15 is 0 Å². The molecule has 0 radical (unpaired) electrons. The van der Waals surface area contributed by atoms with Gasteiger partial charge in [0.25, 0.3) is 0 Å². The highest BCUT2D eigenvalue weighted by atomic mass is 16.2. The predicted octanol–water partition coefficient (Wildman–Crippen LogP) is -0.0405. The molecule has 1 saturated heterocycles. The van der Waals surface area contributed by atoms with E-state index in [1.807, 2.05) is 47.0 Å². The number of pyridine rings is 1. The Morgan fingerprint density at radius 2 is 1.90 bits per heavy atom. The van der Waals surface area contributed by atoms with Crippen molar-refractivity contribution in [1.82, 2.24) is 39.9 Å². The van der Waals surface area contributed by atoms with Crippen LogP contribution in [0.15, 0.2) is 24.5 Å². The molecule has 0 N–H and O–H groups in total. The number of carbonyl (C=O) groups is 2. The van der Waals surface area contributed by atoms with Crippen LogP contribution in [0.2, 0.25) is 0 Å². The summed E-state index contributed by atoms with van der Waals surface area (Å²) < 4.78 is 1.63. The fourth-order valence-electron chi connectivity index (χ4n) is 3.42. The van der Waals surface area contributed by atoms with E-state index in [0.717, 1.165) is 12.0 Å². The van der Waals surface area contributed by atoms with E-state index in [-0.39, 0.29) is 11.8 Å². The van der Waals surface area contributed by atoms with Crippen LogP contribution in [0.3, 0.4) is 0 Å². The molecule has 0 spiro atoms. The Balaban J connectivity index is 1.44. The fourth-order valence-corrected chi connectivity index (χ4v) is 3.42. The smallest absolute Gasteiger partial charge is 0.236 e.